The van der Waals surface area contributed by atoms with Crippen LogP contribution in [0.25, 0.3) is 87.1 Å². The van der Waals surface area contributed by atoms with Gasteiger partial charge in [-0.05, 0) is 125 Å². The molecule has 0 unspecified atom stereocenters. The lowest BCUT2D eigenvalue weighted by Gasteiger charge is -2.20. The van der Waals surface area contributed by atoms with Gasteiger partial charge in [0.2, 0.25) is 0 Å². The maximum Gasteiger partial charge on any atom is 0.256 e. The van der Waals surface area contributed by atoms with E-state index < -0.39 is 0 Å². The molecule has 15 heteroatoms. The first-order valence-electron chi connectivity index (χ1n) is 26.7. The van der Waals surface area contributed by atoms with Crippen LogP contribution in [0, 0.1) is 0 Å². The number of hydrogen-bond acceptors (Lipinski definition) is 10. The molecule has 2 heterocycles. The topological polar surface area (TPSA) is 189 Å². The summed E-state index contributed by atoms with van der Waals surface area (Å²) in [5.41, 5.74) is 13.7. The van der Waals surface area contributed by atoms with Crippen LogP contribution in [0.5, 0.6) is 11.5 Å². The summed E-state index contributed by atoms with van der Waals surface area (Å²) in [6.07, 6.45) is 1.45. The number of aromatic hydroxyl groups is 2. The van der Waals surface area contributed by atoms with Crippen molar-refractivity contribution in [2.24, 2.45) is 20.5 Å². The Morgan fingerprint density at radius 3 is 1.89 bits per heavy atom. The summed E-state index contributed by atoms with van der Waals surface area (Å²) in [5, 5.41) is 55.3. The largest absolute Gasteiger partial charge is 0.505 e. The molecule has 0 aliphatic heterocycles. The number of amides is 1. The Kier molecular flexibility index (Phi) is 12.3. The van der Waals surface area contributed by atoms with Crippen LogP contribution in [-0.4, -0.2) is 31.9 Å². The minimum Gasteiger partial charge on any atom is -0.505 e. The van der Waals surface area contributed by atoms with Crippen molar-refractivity contribution in [3.63, 3.8) is 0 Å². The minimum atomic E-state index is -0.374. The molecule has 13 nitrogen and oxygen atoms in total. The van der Waals surface area contributed by atoms with Crippen molar-refractivity contribution < 1.29 is 24.6 Å². The van der Waals surface area contributed by atoms with Gasteiger partial charge >= 0.3 is 0 Å². The number of nitrogens with one attached hydrogen (secondary N) is 4. The molecule has 82 heavy (non-hydrogen) atoms. The van der Waals surface area contributed by atoms with Crippen LogP contribution in [0.1, 0.15) is 56.8 Å². The first-order chi connectivity index (χ1) is 40.0. The molecule has 11 aromatic carbocycles. The van der Waals surface area contributed by atoms with Crippen molar-refractivity contribution in [1.29, 1.82) is 0 Å². The number of carbonyl (C=O) groups is 2. The van der Waals surface area contributed by atoms with E-state index in [0.29, 0.717) is 88.1 Å². The first kappa shape index (κ1) is 50.3. The number of phenols is 2. The molecule has 6 N–H and O–H groups in total. The highest BCUT2D eigenvalue weighted by Gasteiger charge is 2.28. The molecular weight excluding hydrogens is 1070 g/mol. The Hall–Kier alpha value is -9.92. The van der Waals surface area contributed by atoms with Gasteiger partial charge in [-0.1, -0.05) is 128 Å². The van der Waals surface area contributed by atoms with E-state index >= 15 is 0 Å². The molecule has 1 amide bonds. The number of para-hydroxylation sites is 1. The Balaban J connectivity index is 0.844. The summed E-state index contributed by atoms with van der Waals surface area (Å²) in [6, 6.07) is 52.7. The average Bonchev–Trinajstić information content (AvgIpc) is 2.14. The standard InChI is InChI=1S/C67H46Cl2N8O5/c1-3-34-10-5-7-12-42(34)67(81)72-56-29-37-17-22-46-50-31-40(69)19-26-54(50)71-61(46)58(37)63(66(56)80)76-74-55-27-24-44-43-23-20-41(32-51(43)65(79)48-14-9-13-47(55)59(44)48)73-75-62-57-36(16-21-45-49-30-39(68)18-25-53(49)70-60(45)57)28-38(64(62)78)33-82-77-52-15-8-6-11-35(52)4-2/h5-32,70-71,77-78,80H,3-4,33H2,1-2H3,(H,72,81). The minimum absolute atomic E-state index is 0.00980. The number of phenolic OH excluding ortho intramolecular Hbond substituents is 2. The summed E-state index contributed by atoms with van der Waals surface area (Å²) in [5.74, 6) is -0.978. The van der Waals surface area contributed by atoms with Gasteiger partial charge in [-0.25, -0.2) is 0 Å². The summed E-state index contributed by atoms with van der Waals surface area (Å²) in [7, 11) is 0. The van der Waals surface area contributed by atoms with Gasteiger partial charge in [0.05, 0.1) is 33.8 Å². The number of aromatic nitrogens is 2. The molecule has 0 spiro atoms. The van der Waals surface area contributed by atoms with Gasteiger partial charge in [0.25, 0.3) is 5.91 Å². The monoisotopic (exact) mass is 1110 g/mol. The fraction of sp³-hybridized carbons (Fsp3) is 0.0746. The highest BCUT2D eigenvalue weighted by Crippen LogP contribution is 2.50. The van der Waals surface area contributed by atoms with E-state index in [1.54, 1.807) is 30.3 Å². The van der Waals surface area contributed by atoms with Gasteiger partial charge in [0, 0.05) is 86.4 Å². The molecule has 0 bridgehead atoms. The quantitative estimate of drug-likeness (QED) is 0.0401. The van der Waals surface area contributed by atoms with Crippen molar-refractivity contribution in [1.82, 2.24) is 9.97 Å². The second kappa shape index (κ2) is 20.0. The normalized spacial score (nSPS) is 12.4. The Bertz CT molecular complexity index is 4970. The third-order valence-electron chi connectivity index (χ3n) is 15.7. The van der Waals surface area contributed by atoms with Gasteiger partial charge < -0.3 is 25.5 Å². The predicted octanol–water partition coefficient (Wildman–Crippen LogP) is 19.1. The molecule has 14 rings (SSSR count). The number of nitrogens with zero attached hydrogens (tertiary/aromatic N) is 4. The molecule has 0 saturated carbocycles. The van der Waals surface area contributed by atoms with Crippen LogP contribution in [0.15, 0.2) is 190 Å². The van der Waals surface area contributed by atoms with E-state index in [4.69, 9.17) is 48.5 Å². The summed E-state index contributed by atoms with van der Waals surface area (Å²) in [6.45, 7) is 4.07. The van der Waals surface area contributed by atoms with Crippen LogP contribution < -0.4 is 10.8 Å². The maximum atomic E-state index is 14.8. The molecular formula is C67H46Cl2N8O5. The number of rotatable bonds is 12. The van der Waals surface area contributed by atoms with Gasteiger partial charge in [-0.15, -0.1) is 15.3 Å². The zero-order valence-corrected chi connectivity index (χ0v) is 45.5. The van der Waals surface area contributed by atoms with E-state index in [0.717, 1.165) is 72.3 Å². The number of aryl methyl sites for hydroxylation is 2. The van der Waals surface area contributed by atoms with E-state index in [1.165, 1.54) is 0 Å². The fourth-order valence-corrected chi connectivity index (χ4v) is 12.0. The number of anilines is 2. The second-order valence-electron chi connectivity index (χ2n) is 20.3. The van der Waals surface area contributed by atoms with Crippen molar-refractivity contribution >= 4 is 145 Å². The lowest BCUT2D eigenvalue weighted by Crippen LogP contribution is -2.14. The zero-order chi connectivity index (χ0) is 55.9. The number of benzene rings is 11. The molecule has 13 aromatic rings. The third kappa shape index (κ3) is 8.35. The van der Waals surface area contributed by atoms with Crippen LogP contribution >= 0.6 is 23.2 Å². The smallest absolute Gasteiger partial charge is 0.256 e. The average molecular weight is 1110 g/mol. The highest BCUT2D eigenvalue weighted by atomic mass is 35.5. The number of halogens is 2. The number of carbonyl (C=O) groups excluding carboxylic acids is 2. The van der Waals surface area contributed by atoms with Gasteiger partial charge in [-0.3, -0.25) is 19.9 Å². The molecule has 2 aromatic heterocycles. The molecule has 0 radical (unpaired) electrons. The van der Waals surface area contributed by atoms with E-state index in [9.17, 15) is 19.8 Å². The van der Waals surface area contributed by atoms with Gasteiger partial charge in [-0.2, -0.15) is 5.11 Å². The Morgan fingerprint density at radius 1 is 0.524 bits per heavy atom. The molecule has 1 aliphatic carbocycles. The summed E-state index contributed by atoms with van der Waals surface area (Å²) in [4.78, 5) is 41.7. The number of H-pyrrole nitrogens is 2. The first-order valence-corrected chi connectivity index (χ1v) is 27.5. The number of aromatic amines is 2. The molecule has 0 atom stereocenters. The molecule has 0 saturated heterocycles. The number of azo groups is 2. The van der Waals surface area contributed by atoms with Crippen molar-refractivity contribution in [3.05, 3.63) is 213 Å². The van der Waals surface area contributed by atoms with E-state index in [-0.39, 0.29) is 46.9 Å². The lowest BCUT2D eigenvalue weighted by atomic mass is 9.82. The van der Waals surface area contributed by atoms with Gasteiger partial charge in [0.1, 0.15) is 23.7 Å². The second-order valence-corrected chi connectivity index (χ2v) is 21.2. The lowest BCUT2D eigenvalue weighted by molar-refractivity contribution is 0.102. The number of hydrogen-bond donors (Lipinski definition) is 6. The van der Waals surface area contributed by atoms with Crippen molar-refractivity contribution in [3.8, 4) is 22.6 Å². The van der Waals surface area contributed by atoms with E-state index in [1.807, 2.05) is 146 Å². The van der Waals surface area contributed by atoms with Crippen molar-refractivity contribution in [2.45, 2.75) is 33.3 Å². The Morgan fingerprint density at radius 2 is 1.17 bits per heavy atom. The molecule has 398 valence electrons. The van der Waals surface area contributed by atoms with Gasteiger partial charge in [0.15, 0.2) is 11.5 Å². The maximum absolute atomic E-state index is 14.8. The highest BCUT2D eigenvalue weighted by molar-refractivity contribution is 6.33. The third-order valence-corrected chi connectivity index (χ3v) is 16.1. The van der Waals surface area contributed by atoms with Crippen LogP contribution in [0.2, 0.25) is 10.0 Å². The molecule has 0 fully saturated rings. The SMILES string of the molecule is CCc1ccccc1NOCc1cc2ccc3c4cc(Cl)ccc4[nH]c3c2c(N=Nc2ccc3c(c2)C(=O)c2cccc4c(N=Nc5c(O)c(NC(=O)c6ccccc6CC)cc6ccc7c8cc(Cl)ccc8[nH]c7c56)ccc-3c24)c1O. The van der Waals surface area contributed by atoms with Crippen LogP contribution in [-0.2, 0) is 24.3 Å². The predicted molar refractivity (Wildman–Crippen MR) is 329 cm³/mol. The van der Waals surface area contributed by atoms with Crippen LogP contribution in [0.4, 0.5) is 34.1 Å². The fourth-order valence-electron chi connectivity index (χ4n) is 11.7. The summed E-state index contributed by atoms with van der Waals surface area (Å²) >= 11 is 13.0. The van der Waals surface area contributed by atoms with Crippen molar-refractivity contribution in [2.75, 3.05) is 10.8 Å². The number of fused-ring (bicyclic) bond motifs is 12. The Labute approximate surface area is 477 Å². The van der Waals surface area contributed by atoms with Crippen LogP contribution in [0.3, 0.4) is 0 Å². The van der Waals surface area contributed by atoms with E-state index in [2.05, 4.69) is 27.7 Å². The zero-order valence-electron chi connectivity index (χ0n) is 44.0. The number of ketones is 1. The molecule has 1 aliphatic rings. The summed E-state index contributed by atoms with van der Waals surface area (Å²) < 4.78 is 0.